The van der Waals surface area contributed by atoms with Crippen LogP contribution in [0.4, 0.5) is 11.4 Å². The van der Waals surface area contributed by atoms with E-state index in [0.717, 1.165) is 0 Å². The lowest BCUT2D eigenvalue weighted by Crippen LogP contribution is -2.25. The number of benzene rings is 2. The lowest BCUT2D eigenvalue weighted by molar-refractivity contribution is -0.152. The minimum absolute atomic E-state index is 0.0745. The Labute approximate surface area is 180 Å². The monoisotopic (exact) mass is 430 g/mol. The number of methoxy groups -OCH3 is 1. The number of carbonyl (C=O) groups excluding carboxylic acids is 3. The first-order valence-corrected chi connectivity index (χ1v) is 9.80. The van der Waals surface area contributed by atoms with Gasteiger partial charge in [-0.2, -0.15) is 0 Å². The number of ether oxygens (including phenoxy) is 4. The van der Waals surface area contributed by atoms with E-state index in [2.05, 4.69) is 10.6 Å². The van der Waals surface area contributed by atoms with Crippen LogP contribution in [0.15, 0.2) is 36.4 Å². The van der Waals surface area contributed by atoms with Crippen LogP contribution in [0.2, 0.25) is 0 Å². The van der Waals surface area contributed by atoms with Crippen molar-refractivity contribution in [2.24, 2.45) is 0 Å². The van der Waals surface area contributed by atoms with Gasteiger partial charge >= 0.3 is 11.9 Å². The Morgan fingerprint density at radius 2 is 1.35 bits per heavy atom. The van der Waals surface area contributed by atoms with Crippen LogP contribution in [0.5, 0.6) is 17.2 Å². The first kappa shape index (κ1) is 23.5. The van der Waals surface area contributed by atoms with Crippen molar-refractivity contribution in [3.05, 3.63) is 42.0 Å². The number of nitrogens with one attached hydrogen (secondary N) is 2. The molecule has 0 bridgehead atoms. The number of esters is 1. The largest absolute Gasteiger partial charge is 0.497 e. The molecule has 0 aliphatic rings. The van der Waals surface area contributed by atoms with Crippen LogP contribution in [-0.2, 0) is 14.3 Å². The maximum Gasteiger partial charge on any atom is 0.397 e. The van der Waals surface area contributed by atoms with E-state index in [4.69, 9.17) is 18.9 Å². The summed E-state index contributed by atoms with van der Waals surface area (Å²) in [5.74, 6) is -1.14. The Balaban J connectivity index is 2.34. The Morgan fingerprint density at radius 1 is 0.806 bits per heavy atom. The fraction of sp³-hybridized carbons (Fsp3) is 0.318. The van der Waals surface area contributed by atoms with Gasteiger partial charge in [-0.1, -0.05) is 0 Å². The molecule has 2 rings (SSSR count). The molecule has 2 aromatic carbocycles. The van der Waals surface area contributed by atoms with Gasteiger partial charge in [-0.15, -0.1) is 0 Å². The summed E-state index contributed by atoms with van der Waals surface area (Å²) in [7, 11) is 1.54. The Morgan fingerprint density at radius 3 is 1.84 bits per heavy atom. The van der Waals surface area contributed by atoms with Gasteiger partial charge in [0.15, 0.2) is 0 Å². The van der Waals surface area contributed by atoms with Crippen molar-refractivity contribution in [2.75, 3.05) is 37.6 Å². The van der Waals surface area contributed by atoms with Gasteiger partial charge in [0, 0.05) is 17.7 Å². The van der Waals surface area contributed by atoms with E-state index in [1.807, 2.05) is 0 Å². The molecule has 2 amide bonds. The molecule has 0 aromatic heterocycles. The minimum Gasteiger partial charge on any atom is -0.497 e. The zero-order chi connectivity index (χ0) is 22.8. The predicted octanol–water partition coefficient (Wildman–Crippen LogP) is 3.25. The smallest absolute Gasteiger partial charge is 0.397 e. The zero-order valence-electron chi connectivity index (χ0n) is 17.9. The normalized spacial score (nSPS) is 10.1. The summed E-state index contributed by atoms with van der Waals surface area (Å²) in [6, 6.07) is 9.62. The van der Waals surface area contributed by atoms with Crippen LogP contribution in [-0.4, -0.2) is 44.7 Å². The summed E-state index contributed by atoms with van der Waals surface area (Å²) in [5, 5.41) is 5.24. The molecule has 166 valence electrons. The van der Waals surface area contributed by atoms with Crippen molar-refractivity contribution in [2.45, 2.75) is 20.8 Å². The summed E-state index contributed by atoms with van der Waals surface area (Å²) >= 11 is 0. The summed E-state index contributed by atoms with van der Waals surface area (Å²) in [5.41, 5.74) is 0.979. The van der Waals surface area contributed by atoms with Crippen molar-refractivity contribution >= 4 is 29.2 Å². The molecule has 9 nitrogen and oxygen atoms in total. The molecule has 0 aliphatic carbocycles. The fourth-order valence-electron chi connectivity index (χ4n) is 2.61. The van der Waals surface area contributed by atoms with Crippen LogP contribution in [0.25, 0.3) is 0 Å². The van der Waals surface area contributed by atoms with Crippen molar-refractivity contribution in [3.8, 4) is 17.2 Å². The number of amides is 2. The summed E-state index contributed by atoms with van der Waals surface area (Å²) in [6.07, 6.45) is 0. The molecule has 31 heavy (non-hydrogen) atoms. The predicted molar refractivity (Wildman–Crippen MR) is 115 cm³/mol. The van der Waals surface area contributed by atoms with E-state index in [0.29, 0.717) is 36.0 Å². The summed E-state index contributed by atoms with van der Waals surface area (Å²) < 4.78 is 21.0. The Hall–Kier alpha value is -3.75. The van der Waals surface area contributed by atoms with E-state index < -0.39 is 11.9 Å². The van der Waals surface area contributed by atoms with E-state index in [9.17, 15) is 14.4 Å². The molecule has 0 fully saturated rings. The average molecular weight is 430 g/mol. The quantitative estimate of drug-likeness (QED) is 0.464. The highest BCUT2D eigenvalue weighted by atomic mass is 16.5. The van der Waals surface area contributed by atoms with Crippen LogP contribution < -0.4 is 24.8 Å². The number of hydrogen-bond donors (Lipinski definition) is 2. The number of hydrogen-bond acceptors (Lipinski definition) is 7. The number of anilines is 2. The maximum absolute atomic E-state index is 12.7. The van der Waals surface area contributed by atoms with Crippen LogP contribution in [0.3, 0.4) is 0 Å². The second kappa shape index (κ2) is 11.4. The molecule has 0 saturated heterocycles. The van der Waals surface area contributed by atoms with Crippen LogP contribution >= 0.6 is 0 Å². The van der Waals surface area contributed by atoms with E-state index in [1.165, 1.54) is 12.1 Å². The molecule has 0 radical (unpaired) electrons. The molecule has 0 heterocycles. The highest BCUT2D eigenvalue weighted by Gasteiger charge is 2.20. The highest BCUT2D eigenvalue weighted by Crippen LogP contribution is 2.37. The Kier molecular flexibility index (Phi) is 8.68. The van der Waals surface area contributed by atoms with Gasteiger partial charge in [0.2, 0.25) is 0 Å². The molecular weight excluding hydrogens is 404 g/mol. The zero-order valence-corrected chi connectivity index (χ0v) is 17.9. The molecule has 2 aromatic rings. The maximum atomic E-state index is 12.7. The highest BCUT2D eigenvalue weighted by molar-refractivity contribution is 6.37. The Bertz CT molecular complexity index is 926. The first-order valence-electron chi connectivity index (χ1n) is 9.80. The van der Waals surface area contributed by atoms with E-state index in [1.54, 1.807) is 52.1 Å². The van der Waals surface area contributed by atoms with Gasteiger partial charge in [-0.3, -0.25) is 9.59 Å². The average Bonchev–Trinajstić information content (AvgIpc) is 2.76. The molecule has 9 heteroatoms. The van der Waals surface area contributed by atoms with Crippen molar-refractivity contribution in [3.63, 3.8) is 0 Å². The SMILES string of the molecule is CCOC(=O)C(=O)Nc1cc(OCC)c(NC(=O)c2ccc(OC)cc2)cc1OCC. The minimum atomic E-state index is -1.01. The van der Waals surface area contributed by atoms with Gasteiger partial charge < -0.3 is 29.6 Å². The van der Waals surface area contributed by atoms with Crippen LogP contribution in [0, 0.1) is 0 Å². The number of rotatable bonds is 9. The second-order valence-electron chi connectivity index (χ2n) is 6.07. The molecule has 0 spiro atoms. The topological polar surface area (TPSA) is 112 Å². The lowest BCUT2D eigenvalue weighted by Gasteiger charge is -2.17. The third-order valence-electron chi connectivity index (χ3n) is 3.99. The molecule has 2 N–H and O–H groups in total. The molecular formula is C22H26N2O7. The van der Waals surface area contributed by atoms with Gasteiger partial charge in [-0.25, -0.2) is 4.79 Å². The van der Waals surface area contributed by atoms with Crippen LogP contribution in [0.1, 0.15) is 31.1 Å². The van der Waals surface area contributed by atoms with Gasteiger partial charge in [0.25, 0.3) is 5.91 Å². The lowest BCUT2D eigenvalue weighted by atomic mass is 10.2. The van der Waals surface area contributed by atoms with Crippen molar-refractivity contribution < 1.29 is 33.3 Å². The van der Waals surface area contributed by atoms with Gasteiger partial charge in [0.05, 0.1) is 38.3 Å². The standard InChI is InChI=1S/C22H26N2O7/c1-5-29-18-13-17(24-21(26)22(27)31-7-3)19(30-6-2)12-16(18)23-20(25)14-8-10-15(28-4)11-9-14/h8-13H,5-7H2,1-4H3,(H,23,25)(H,24,26). The molecule has 0 saturated carbocycles. The third-order valence-corrected chi connectivity index (χ3v) is 3.99. The van der Waals surface area contributed by atoms with Crippen molar-refractivity contribution in [1.82, 2.24) is 0 Å². The first-order chi connectivity index (χ1) is 14.9. The molecule has 0 atom stereocenters. The van der Waals surface area contributed by atoms with Gasteiger partial charge in [0.1, 0.15) is 17.2 Å². The number of carbonyl (C=O) groups is 3. The van der Waals surface area contributed by atoms with E-state index in [-0.39, 0.29) is 24.0 Å². The fourth-order valence-corrected chi connectivity index (χ4v) is 2.61. The summed E-state index contributed by atoms with van der Waals surface area (Å²) in [4.78, 5) is 36.4. The van der Waals surface area contributed by atoms with Crippen molar-refractivity contribution in [1.29, 1.82) is 0 Å². The summed E-state index contributed by atoms with van der Waals surface area (Å²) in [6.45, 7) is 5.83. The van der Waals surface area contributed by atoms with Gasteiger partial charge in [-0.05, 0) is 45.0 Å². The van der Waals surface area contributed by atoms with E-state index >= 15 is 0 Å². The molecule has 0 unspecified atom stereocenters. The third kappa shape index (κ3) is 6.36. The second-order valence-corrected chi connectivity index (χ2v) is 6.07. The molecule has 0 aliphatic heterocycles.